The van der Waals surface area contributed by atoms with Gasteiger partial charge in [0.05, 0.1) is 0 Å². The number of anilines is 1. The number of nitrogens with one attached hydrogen (secondary N) is 1. The van der Waals surface area contributed by atoms with E-state index in [-0.39, 0.29) is 0 Å². The van der Waals surface area contributed by atoms with E-state index in [9.17, 15) is 0 Å². The second-order valence-corrected chi connectivity index (χ2v) is 5.53. The van der Waals surface area contributed by atoms with Crippen LogP contribution < -0.4 is 10.1 Å². The lowest BCUT2D eigenvalue weighted by Crippen LogP contribution is -2.26. The van der Waals surface area contributed by atoms with Gasteiger partial charge in [-0.3, -0.25) is 0 Å². The molecule has 104 valence electrons. The van der Waals surface area contributed by atoms with Crippen LogP contribution in [0.2, 0.25) is 0 Å². The standard InChI is InChI=1S/C14H22N4O/c1-15-12-9-13(17-14(16-12)10-3-4-10)19-8-7-18(2)11-5-6-11/h9-11H,3-8H2,1-2H3,(H,15,16,17). The highest BCUT2D eigenvalue weighted by Gasteiger charge is 2.28. The summed E-state index contributed by atoms with van der Waals surface area (Å²) in [6, 6.07) is 2.66. The molecule has 0 amide bonds. The summed E-state index contributed by atoms with van der Waals surface area (Å²) in [5.74, 6) is 3.02. The fourth-order valence-corrected chi connectivity index (χ4v) is 2.16. The van der Waals surface area contributed by atoms with Crippen molar-refractivity contribution in [3.05, 3.63) is 11.9 Å². The molecule has 5 heteroatoms. The Morgan fingerprint density at radius 2 is 2.11 bits per heavy atom. The van der Waals surface area contributed by atoms with Crippen molar-refractivity contribution in [2.45, 2.75) is 37.6 Å². The molecule has 2 fully saturated rings. The van der Waals surface area contributed by atoms with Crippen molar-refractivity contribution in [1.82, 2.24) is 14.9 Å². The van der Waals surface area contributed by atoms with Gasteiger partial charge in [0.15, 0.2) is 0 Å². The number of hydrogen-bond acceptors (Lipinski definition) is 5. The molecule has 1 aromatic rings. The van der Waals surface area contributed by atoms with Gasteiger partial charge >= 0.3 is 0 Å². The first-order chi connectivity index (χ1) is 9.26. The van der Waals surface area contributed by atoms with Gasteiger partial charge in [0.25, 0.3) is 0 Å². The number of ether oxygens (including phenoxy) is 1. The Balaban J connectivity index is 1.57. The molecule has 1 N–H and O–H groups in total. The summed E-state index contributed by atoms with van der Waals surface area (Å²) < 4.78 is 5.78. The van der Waals surface area contributed by atoms with Crippen LogP contribution in [0, 0.1) is 0 Å². The molecule has 19 heavy (non-hydrogen) atoms. The molecule has 0 radical (unpaired) electrons. The molecule has 1 heterocycles. The van der Waals surface area contributed by atoms with Crippen LogP contribution >= 0.6 is 0 Å². The Morgan fingerprint density at radius 1 is 1.32 bits per heavy atom. The van der Waals surface area contributed by atoms with Crippen molar-refractivity contribution in [3.8, 4) is 5.88 Å². The van der Waals surface area contributed by atoms with Gasteiger partial charge in [0, 0.05) is 31.6 Å². The van der Waals surface area contributed by atoms with E-state index in [4.69, 9.17) is 4.74 Å². The van der Waals surface area contributed by atoms with E-state index in [0.29, 0.717) is 18.4 Å². The molecule has 0 bridgehead atoms. The largest absolute Gasteiger partial charge is 0.476 e. The Morgan fingerprint density at radius 3 is 2.74 bits per heavy atom. The van der Waals surface area contributed by atoms with Crippen molar-refractivity contribution < 1.29 is 4.74 Å². The highest BCUT2D eigenvalue weighted by atomic mass is 16.5. The Bertz CT molecular complexity index is 443. The van der Waals surface area contributed by atoms with Crippen LogP contribution in [0.25, 0.3) is 0 Å². The number of hydrogen-bond donors (Lipinski definition) is 1. The van der Waals surface area contributed by atoms with E-state index in [1.807, 2.05) is 13.1 Å². The minimum atomic E-state index is 0.546. The van der Waals surface area contributed by atoms with Crippen LogP contribution in [-0.4, -0.2) is 48.2 Å². The second kappa shape index (κ2) is 5.33. The zero-order valence-corrected chi connectivity index (χ0v) is 11.7. The lowest BCUT2D eigenvalue weighted by atomic mass is 10.4. The third kappa shape index (κ3) is 3.35. The maximum absolute atomic E-state index is 5.78. The van der Waals surface area contributed by atoms with Gasteiger partial charge in [0.1, 0.15) is 18.2 Å². The van der Waals surface area contributed by atoms with Gasteiger partial charge < -0.3 is 15.0 Å². The predicted octanol–water partition coefficient (Wildman–Crippen LogP) is 1.87. The number of rotatable bonds is 7. The van der Waals surface area contributed by atoms with E-state index < -0.39 is 0 Å². The highest BCUT2D eigenvalue weighted by molar-refractivity contribution is 5.38. The van der Waals surface area contributed by atoms with Crippen molar-refractivity contribution in [3.63, 3.8) is 0 Å². The monoisotopic (exact) mass is 262 g/mol. The van der Waals surface area contributed by atoms with Crippen LogP contribution in [0.4, 0.5) is 5.82 Å². The van der Waals surface area contributed by atoms with Gasteiger partial charge in [-0.2, -0.15) is 4.98 Å². The average molecular weight is 262 g/mol. The van der Waals surface area contributed by atoms with Crippen molar-refractivity contribution in [2.75, 3.05) is 32.6 Å². The normalized spacial score (nSPS) is 18.7. The fraction of sp³-hybridized carbons (Fsp3) is 0.714. The molecule has 2 aliphatic rings. The molecule has 3 rings (SSSR count). The molecule has 2 aliphatic carbocycles. The smallest absolute Gasteiger partial charge is 0.218 e. The topological polar surface area (TPSA) is 50.3 Å². The molecule has 2 saturated carbocycles. The second-order valence-electron chi connectivity index (χ2n) is 5.53. The molecule has 0 atom stereocenters. The van der Waals surface area contributed by atoms with Crippen LogP contribution in [0.15, 0.2) is 6.07 Å². The van der Waals surface area contributed by atoms with Crippen molar-refractivity contribution in [1.29, 1.82) is 0 Å². The number of nitrogens with zero attached hydrogens (tertiary/aromatic N) is 3. The summed E-state index contributed by atoms with van der Waals surface area (Å²) in [6.07, 6.45) is 5.08. The summed E-state index contributed by atoms with van der Waals surface area (Å²) in [7, 11) is 4.04. The SMILES string of the molecule is CNc1cc(OCCN(C)C2CC2)nc(C2CC2)n1. The Labute approximate surface area is 114 Å². The van der Waals surface area contributed by atoms with E-state index >= 15 is 0 Å². The highest BCUT2D eigenvalue weighted by Crippen LogP contribution is 2.39. The van der Waals surface area contributed by atoms with Crippen molar-refractivity contribution >= 4 is 5.82 Å². The van der Waals surface area contributed by atoms with E-state index in [1.165, 1.54) is 25.7 Å². The summed E-state index contributed by atoms with van der Waals surface area (Å²) in [4.78, 5) is 11.4. The van der Waals surface area contributed by atoms with Gasteiger partial charge in [-0.1, -0.05) is 0 Å². The molecule has 1 aromatic heterocycles. The molecular weight excluding hydrogens is 240 g/mol. The number of aromatic nitrogens is 2. The molecule has 0 saturated heterocycles. The summed E-state index contributed by atoms with van der Waals surface area (Å²) >= 11 is 0. The van der Waals surface area contributed by atoms with E-state index in [0.717, 1.165) is 24.2 Å². The summed E-state index contributed by atoms with van der Waals surface area (Å²) in [6.45, 7) is 1.65. The first-order valence-electron chi connectivity index (χ1n) is 7.16. The third-order valence-electron chi connectivity index (χ3n) is 3.78. The van der Waals surface area contributed by atoms with Gasteiger partial charge in [0.2, 0.25) is 5.88 Å². The van der Waals surface area contributed by atoms with Crippen LogP contribution in [0.1, 0.15) is 37.4 Å². The zero-order valence-electron chi connectivity index (χ0n) is 11.7. The maximum Gasteiger partial charge on any atom is 0.218 e. The Kier molecular flexibility index (Phi) is 3.55. The minimum Gasteiger partial charge on any atom is -0.476 e. The third-order valence-corrected chi connectivity index (χ3v) is 3.78. The summed E-state index contributed by atoms with van der Waals surface area (Å²) in [5.41, 5.74) is 0. The molecule has 5 nitrogen and oxygen atoms in total. The maximum atomic E-state index is 5.78. The molecule has 0 spiro atoms. The average Bonchev–Trinajstić information content (AvgIpc) is 3.31. The summed E-state index contributed by atoms with van der Waals surface area (Å²) in [5, 5.41) is 3.08. The van der Waals surface area contributed by atoms with Gasteiger partial charge in [-0.15, -0.1) is 0 Å². The minimum absolute atomic E-state index is 0.546. The van der Waals surface area contributed by atoms with Crippen LogP contribution in [-0.2, 0) is 0 Å². The lowest BCUT2D eigenvalue weighted by molar-refractivity contribution is 0.226. The molecule has 0 aromatic carbocycles. The lowest BCUT2D eigenvalue weighted by Gasteiger charge is -2.16. The van der Waals surface area contributed by atoms with Crippen LogP contribution in [0.3, 0.4) is 0 Å². The van der Waals surface area contributed by atoms with Crippen molar-refractivity contribution in [2.24, 2.45) is 0 Å². The molecule has 0 unspecified atom stereocenters. The van der Waals surface area contributed by atoms with Gasteiger partial charge in [-0.05, 0) is 32.7 Å². The van der Waals surface area contributed by atoms with E-state index in [1.54, 1.807) is 0 Å². The van der Waals surface area contributed by atoms with Gasteiger partial charge in [-0.25, -0.2) is 4.98 Å². The first-order valence-corrected chi connectivity index (χ1v) is 7.16. The predicted molar refractivity (Wildman–Crippen MR) is 74.7 cm³/mol. The molecular formula is C14H22N4O. The fourth-order valence-electron chi connectivity index (χ4n) is 2.16. The number of likely N-dealkylation sites (N-methyl/N-ethyl adjacent to an activating group) is 1. The molecule has 0 aliphatic heterocycles. The zero-order chi connectivity index (χ0) is 13.2. The Hall–Kier alpha value is -1.36. The quantitative estimate of drug-likeness (QED) is 0.813. The van der Waals surface area contributed by atoms with Crippen LogP contribution in [0.5, 0.6) is 5.88 Å². The first kappa shape index (κ1) is 12.7. The van der Waals surface area contributed by atoms with E-state index in [2.05, 4.69) is 27.2 Å².